The first-order valence-electron chi connectivity index (χ1n) is 5.92. The first kappa shape index (κ1) is 11.7. The van der Waals surface area contributed by atoms with Gasteiger partial charge in [0.2, 0.25) is 0 Å². The summed E-state index contributed by atoms with van der Waals surface area (Å²) < 4.78 is 0. The van der Waals surface area contributed by atoms with Gasteiger partial charge >= 0.3 is 0 Å². The molecule has 0 spiro atoms. The highest BCUT2D eigenvalue weighted by Gasteiger charge is 2.09. The Hall–Kier alpha value is -1.76. The Labute approximate surface area is 103 Å². The van der Waals surface area contributed by atoms with Crippen molar-refractivity contribution in [3.63, 3.8) is 0 Å². The van der Waals surface area contributed by atoms with E-state index >= 15 is 0 Å². The molecule has 0 aliphatic rings. The van der Waals surface area contributed by atoms with Crippen molar-refractivity contribution in [2.45, 2.75) is 27.2 Å². The van der Waals surface area contributed by atoms with Gasteiger partial charge in [-0.2, -0.15) is 0 Å². The van der Waals surface area contributed by atoms with Gasteiger partial charge in [-0.25, -0.2) is 0 Å². The van der Waals surface area contributed by atoms with Gasteiger partial charge in [-0.3, -0.25) is 0 Å². The fraction of sp³-hybridized carbons (Fsp3) is 0.250. The lowest BCUT2D eigenvalue weighted by Gasteiger charge is -2.14. The molecule has 88 valence electrons. The third kappa shape index (κ3) is 2.33. The lowest BCUT2D eigenvalue weighted by molar-refractivity contribution is 0.469. The molecule has 1 N–H and O–H groups in total. The van der Waals surface area contributed by atoms with Crippen molar-refractivity contribution in [2.24, 2.45) is 0 Å². The average molecular weight is 226 g/mol. The van der Waals surface area contributed by atoms with Crippen LogP contribution in [0, 0.1) is 20.8 Å². The number of aryl methyl sites for hydroxylation is 1. The topological polar surface area (TPSA) is 20.2 Å². The predicted molar refractivity (Wildman–Crippen MR) is 71.6 cm³/mol. The van der Waals surface area contributed by atoms with E-state index in [-0.39, 0.29) is 0 Å². The largest absolute Gasteiger partial charge is 0.508 e. The van der Waals surface area contributed by atoms with Crippen molar-refractivity contribution in [3.8, 4) is 5.75 Å². The van der Waals surface area contributed by atoms with Crippen molar-refractivity contribution in [1.29, 1.82) is 0 Å². The zero-order chi connectivity index (χ0) is 12.4. The van der Waals surface area contributed by atoms with Crippen LogP contribution in [0.25, 0.3) is 0 Å². The second kappa shape index (κ2) is 4.62. The number of aromatic hydroxyl groups is 1. The zero-order valence-corrected chi connectivity index (χ0v) is 10.6. The molecule has 0 aromatic heterocycles. The summed E-state index contributed by atoms with van der Waals surface area (Å²) in [5.41, 5.74) is 5.98. The van der Waals surface area contributed by atoms with Gasteiger partial charge in [-0.15, -0.1) is 0 Å². The molecule has 0 atom stereocenters. The molecule has 2 aromatic rings. The van der Waals surface area contributed by atoms with Gasteiger partial charge in [0, 0.05) is 0 Å². The van der Waals surface area contributed by atoms with Crippen molar-refractivity contribution in [2.75, 3.05) is 0 Å². The lowest BCUT2D eigenvalue weighted by atomic mass is 9.92. The monoisotopic (exact) mass is 226 g/mol. The summed E-state index contributed by atoms with van der Waals surface area (Å²) in [5.74, 6) is 0.400. The van der Waals surface area contributed by atoms with Crippen molar-refractivity contribution >= 4 is 0 Å². The standard InChI is InChI=1S/C16H18O/c1-11-9-16(17)13(3)12(2)15(11)10-14-7-5-4-6-8-14/h4-9,17H,10H2,1-3H3. The van der Waals surface area contributed by atoms with Crippen LogP contribution >= 0.6 is 0 Å². The van der Waals surface area contributed by atoms with Crippen LogP contribution in [0.5, 0.6) is 5.75 Å². The molecule has 0 saturated carbocycles. The molecule has 0 radical (unpaired) electrons. The normalized spacial score (nSPS) is 10.5. The summed E-state index contributed by atoms with van der Waals surface area (Å²) in [6.45, 7) is 6.11. The van der Waals surface area contributed by atoms with Gasteiger partial charge in [-0.05, 0) is 61.1 Å². The van der Waals surface area contributed by atoms with E-state index in [0.717, 1.165) is 17.5 Å². The fourth-order valence-corrected chi connectivity index (χ4v) is 2.19. The third-order valence-electron chi connectivity index (χ3n) is 3.45. The summed E-state index contributed by atoms with van der Waals surface area (Å²) in [6.07, 6.45) is 0.930. The van der Waals surface area contributed by atoms with Crippen molar-refractivity contribution < 1.29 is 5.11 Å². The maximum absolute atomic E-state index is 9.77. The first-order chi connectivity index (χ1) is 8.09. The highest BCUT2D eigenvalue weighted by atomic mass is 16.3. The van der Waals surface area contributed by atoms with Gasteiger partial charge < -0.3 is 5.11 Å². The van der Waals surface area contributed by atoms with Gasteiger partial charge in [0.15, 0.2) is 0 Å². The van der Waals surface area contributed by atoms with Gasteiger partial charge in [0.1, 0.15) is 5.75 Å². The number of phenols is 1. The molecule has 0 saturated heterocycles. The number of rotatable bonds is 2. The Kier molecular flexibility index (Phi) is 3.19. The van der Waals surface area contributed by atoms with E-state index in [9.17, 15) is 5.11 Å². The van der Waals surface area contributed by atoms with Crippen molar-refractivity contribution in [3.05, 3.63) is 64.2 Å². The number of hydrogen-bond acceptors (Lipinski definition) is 1. The summed E-state index contributed by atoms with van der Waals surface area (Å²) >= 11 is 0. The van der Waals surface area contributed by atoms with E-state index < -0.39 is 0 Å². The minimum absolute atomic E-state index is 0.400. The van der Waals surface area contributed by atoms with E-state index in [4.69, 9.17) is 0 Å². The van der Waals surface area contributed by atoms with Crippen LogP contribution < -0.4 is 0 Å². The maximum Gasteiger partial charge on any atom is 0.119 e. The summed E-state index contributed by atoms with van der Waals surface area (Å²) in [7, 11) is 0. The molecule has 1 nitrogen and oxygen atoms in total. The molecule has 2 aromatic carbocycles. The predicted octanol–water partition coefficient (Wildman–Crippen LogP) is 3.91. The van der Waals surface area contributed by atoms with Gasteiger partial charge in [0.25, 0.3) is 0 Å². The third-order valence-corrected chi connectivity index (χ3v) is 3.45. The average Bonchev–Trinajstić information content (AvgIpc) is 2.33. The van der Waals surface area contributed by atoms with Crippen molar-refractivity contribution in [1.82, 2.24) is 0 Å². The molecule has 0 aliphatic carbocycles. The fourth-order valence-electron chi connectivity index (χ4n) is 2.19. The molecule has 0 heterocycles. The van der Waals surface area contributed by atoms with E-state index in [0.29, 0.717) is 5.75 Å². The van der Waals surface area contributed by atoms with Gasteiger partial charge in [-0.1, -0.05) is 30.3 Å². The molecular formula is C16H18O. The number of benzene rings is 2. The van der Waals surface area contributed by atoms with Crippen LogP contribution in [0.15, 0.2) is 36.4 Å². The SMILES string of the molecule is Cc1cc(O)c(C)c(C)c1Cc1ccccc1. The number of phenolic OH excluding ortho intramolecular Hbond substituents is 1. The Bertz CT molecular complexity index is 527. The van der Waals surface area contributed by atoms with E-state index in [1.165, 1.54) is 16.7 Å². The highest BCUT2D eigenvalue weighted by Crippen LogP contribution is 2.28. The van der Waals surface area contributed by atoms with E-state index in [2.05, 4.69) is 38.1 Å². The molecule has 0 unspecified atom stereocenters. The first-order valence-corrected chi connectivity index (χ1v) is 5.92. The Morgan fingerprint density at radius 1 is 0.941 bits per heavy atom. The molecule has 0 aliphatic heterocycles. The minimum atomic E-state index is 0.400. The smallest absolute Gasteiger partial charge is 0.119 e. The minimum Gasteiger partial charge on any atom is -0.508 e. The Morgan fingerprint density at radius 2 is 1.59 bits per heavy atom. The molecular weight excluding hydrogens is 208 g/mol. The molecule has 0 fully saturated rings. The van der Waals surface area contributed by atoms with Crippen LogP contribution in [0.2, 0.25) is 0 Å². The molecule has 1 heteroatoms. The summed E-state index contributed by atoms with van der Waals surface area (Å²) in [4.78, 5) is 0. The number of hydrogen-bond donors (Lipinski definition) is 1. The van der Waals surface area contributed by atoms with E-state index in [1.807, 2.05) is 19.1 Å². The molecule has 17 heavy (non-hydrogen) atoms. The second-order valence-corrected chi connectivity index (χ2v) is 4.60. The van der Waals surface area contributed by atoms with Crippen LogP contribution in [0.3, 0.4) is 0 Å². The second-order valence-electron chi connectivity index (χ2n) is 4.60. The summed E-state index contributed by atoms with van der Waals surface area (Å²) in [5, 5.41) is 9.77. The Balaban J connectivity index is 2.43. The van der Waals surface area contributed by atoms with Crippen LogP contribution in [-0.4, -0.2) is 5.11 Å². The van der Waals surface area contributed by atoms with E-state index in [1.54, 1.807) is 0 Å². The molecule has 2 rings (SSSR count). The van der Waals surface area contributed by atoms with Crippen LogP contribution in [0.1, 0.15) is 27.8 Å². The quantitative estimate of drug-likeness (QED) is 0.823. The lowest BCUT2D eigenvalue weighted by Crippen LogP contribution is -1.98. The van der Waals surface area contributed by atoms with Crippen LogP contribution in [0.4, 0.5) is 0 Å². The van der Waals surface area contributed by atoms with Crippen LogP contribution in [-0.2, 0) is 6.42 Å². The molecule has 0 bridgehead atoms. The zero-order valence-electron chi connectivity index (χ0n) is 10.6. The molecule has 0 amide bonds. The van der Waals surface area contributed by atoms with Gasteiger partial charge in [0.05, 0.1) is 0 Å². The Morgan fingerprint density at radius 3 is 2.24 bits per heavy atom. The maximum atomic E-state index is 9.77. The summed E-state index contributed by atoms with van der Waals surface area (Å²) in [6, 6.07) is 12.3. The highest BCUT2D eigenvalue weighted by molar-refractivity contribution is 5.48.